The zero-order chi connectivity index (χ0) is 47.6. The van der Waals surface area contributed by atoms with Gasteiger partial charge in [-0.3, -0.25) is 0 Å². The Bertz CT molecular complexity index is 1790. The summed E-state index contributed by atoms with van der Waals surface area (Å²) < 4.78 is 36.2. The molecule has 372 valence electrons. The average Bonchev–Trinajstić information content (AvgIpc) is 3.24. The summed E-state index contributed by atoms with van der Waals surface area (Å²) in [6, 6.07) is 0. The van der Waals surface area contributed by atoms with Crippen LogP contribution in [-0.2, 0) is 28.4 Å². The van der Waals surface area contributed by atoms with Gasteiger partial charge in [0.25, 0.3) is 0 Å². The average molecular weight is 927 g/mol. The van der Waals surface area contributed by atoms with Crippen LogP contribution in [0.3, 0.4) is 0 Å². The third-order valence-corrected chi connectivity index (χ3v) is 18.8. The van der Waals surface area contributed by atoms with Crippen LogP contribution in [0.1, 0.15) is 107 Å². The van der Waals surface area contributed by atoms with Gasteiger partial charge in [0, 0.05) is 10.8 Å². The first-order chi connectivity index (χ1) is 30.3. The van der Waals surface area contributed by atoms with Crippen molar-refractivity contribution in [3.05, 3.63) is 23.3 Å². The summed E-state index contributed by atoms with van der Waals surface area (Å²) in [4.78, 5) is 0. The molecule has 3 saturated heterocycles. The lowest BCUT2D eigenvalue weighted by Crippen LogP contribution is -2.66. The second-order valence-electron chi connectivity index (χ2n) is 23.2. The monoisotopic (exact) mass is 927 g/mol. The molecule has 0 radical (unpaired) electrons. The molecule has 0 aromatic heterocycles. The Kier molecular flexibility index (Phi) is 13.6. The van der Waals surface area contributed by atoms with Crippen LogP contribution in [0.2, 0.25) is 0 Å². The first-order valence-corrected chi connectivity index (χ1v) is 24.0. The van der Waals surface area contributed by atoms with Crippen molar-refractivity contribution in [1.29, 1.82) is 0 Å². The molecule has 4 unspecified atom stereocenters. The van der Waals surface area contributed by atoms with E-state index in [0.717, 1.165) is 38.5 Å². The van der Waals surface area contributed by atoms with Gasteiger partial charge in [0.05, 0.1) is 38.1 Å². The van der Waals surface area contributed by atoms with Gasteiger partial charge in [-0.25, -0.2) is 0 Å². The summed E-state index contributed by atoms with van der Waals surface area (Å²) in [5.41, 5.74) is 0.933. The molecule has 17 heteroatoms. The minimum Gasteiger partial charge on any atom is -0.396 e. The lowest BCUT2D eigenvalue weighted by atomic mass is 9.35. The van der Waals surface area contributed by atoms with E-state index in [2.05, 4.69) is 60.6 Å². The Hall–Kier alpha value is -1.20. The maximum atomic E-state index is 12.1. The maximum absolute atomic E-state index is 12.1. The van der Waals surface area contributed by atoms with Crippen molar-refractivity contribution in [2.45, 2.75) is 211 Å². The van der Waals surface area contributed by atoms with Crippen LogP contribution in [0, 0.1) is 44.3 Å². The molecule has 7 fully saturated rings. The highest BCUT2D eigenvalue weighted by atomic mass is 16.8. The topological polar surface area (TPSA) is 278 Å². The summed E-state index contributed by atoms with van der Waals surface area (Å²) in [6.07, 6.45) is -13.3. The van der Waals surface area contributed by atoms with E-state index in [4.69, 9.17) is 28.4 Å². The normalized spacial score (nSPS) is 54.0. The molecule has 0 aromatic rings. The van der Waals surface area contributed by atoms with Gasteiger partial charge in [-0.15, -0.1) is 0 Å². The van der Waals surface area contributed by atoms with E-state index in [9.17, 15) is 56.2 Å². The molecular formula is C48H78O17. The third-order valence-electron chi connectivity index (χ3n) is 18.8. The fourth-order valence-electron chi connectivity index (χ4n) is 14.4. The summed E-state index contributed by atoms with van der Waals surface area (Å²) >= 11 is 0. The van der Waals surface area contributed by atoms with Gasteiger partial charge < -0.3 is 84.6 Å². The number of ether oxygens (including phenoxy) is 6. The summed E-state index contributed by atoms with van der Waals surface area (Å²) in [6.45, 7) is 16.2. The first-order valence-electron chi connectivity index (χ1n) is 24.0. The second-order valence-corrected chi connectivity index (χ2v) is 23.2. The Labute approximate surface area is 382 Å². The third kappa shape index (κ3) is 7.87. The second kappa shape index (κ2) is 17.6. The van der Waals surface area contributed by atoms with Crippen molar-refractivity contribution in [2.24, 2.45) is 44.3 Å². The van der Waals surface area contributed by atoms with Crippen molar-refractivity contribution in [3.8, 4) is 0 Å². The number of aliphatic hydroxyl groups is 11. The van der Waals surface area contributed by atoms with E-state index in [1.807, 2.05) is 0 Å². The Morgan fingerprint density at radius 1 is 0.615 bits per heavy atom. The highest BCUT2D eigenvalue weighted by Gasteiger charge is 2.68. The fourth-order valence-corrected chi connectivity index (χ4v) is 14.4. The Balaban J connectivity index is 1.04. The number of hydrogen-bond donors (Lipinski definition) is 11. The minimum absolute atomic E-state index is 0.0341. The van der Waals surface area contributed by atoms with Gasteiger partial charge in [-0.1, -0.05) is 71.8 Å². The molecule has 0 spiro atoms. The number of aliphatic hydroxyl groups excluding tert-OH is 11. The fraction of sp³-hybridized carbons (Fsp3) is 0.917. The highest BCUT2D eigenvalue weighted by molar-refractivity contribution is 5.46. The van der Waals surface area contributed by atoms with Crippen LogP contribution in [0.25, 0.3) is 0 Å². The predicted molar refractivity (Wildman–Crippen MR) is 230 cm³/mol. The van der Waals surface area contributed by atoms with Gasteiger partial charge >= 0.3 is 0 Å². The van der Waals surface area contributed by atoms with Crippen LogP contribution in [0.15, 0.2) is 23.3 Å². The molecule has 0 aromatic carbocycles. The molecule has 4 saturated carbocycles. The van der Waals surface area contributed by atoms with E-state index in [1.54, 1.807) is 0 Å². The number of allylic oxidation sites excluding steroid dienone is 4. The first kappa shape index (κ1) is 50.2. The largest absolute Gasteiger partial charge is 0.396 e. The molecule has 23 atom stereocenters. The Morgan fingerprint density at radius 3 is 1.92 bits per heavy atom. The zero-order valence-electron chi connectivity index (χ0n) is 39.3. The molecule has 8 aliphatic rings. The zero-order valence-corrected chi connectivity index (χ0v) is 39.3. The predicted octanol–water partition coefficient (Wildman–Crippen LogP) is 0.532. The van der Waals surface area contributed by atoms with Gasteiger partial charge in [-0.05, 0) is 91.8 Å². The minimum atomic E-state index is -1.76. The quantitative estimate of drug-likeness (QED) is 0.141. The van der Waals surface area contributed by atoms with E-state index < -0.39 is 128 Å². The molecule has 3 aliphatic heterocycles. The van der Waals surface area contributed by atoms with Crippen molar-refractivity contribution < 1.29 is 84.6 Å². The van der Waals surface area contributed by atoms with Crippen LogP contribution in [-0.4, -0.2) is 180 Å². The number of rotatable bonds is 9. The molecule has 17 nitrogen and oxygen atoms in total. The molecule has 11 N–H and O–H groups in total. The van der Waals surface area contributed by atoms with Crippen molar-refractivity contribution >= 4 is 0 Å². The smallest absolute Gasteiger partial charge is 0.187 e. The Morgan fingerprint density at radius 2 is 1.25 bits per heavy atom. The van der Waals surface area contributed by atoms with Crippen LogP contribution < -0.4 is 0 Å². The van der Waals surface area contributed by atoms with Crippen LogP contribution in [0.4, 0.5) is 0 Å². The molecule has 0 bridgehead atoms. The summed E-state index contributed by atoms with van der Waals surface area (Å²) in [7, 11) is 0. The number of hydrogen-bond acceptors (Lipinski definition) is 17. The van der Waals surface area contributed by atoms with E-state index in [1.165, 1.54) is 18.1 Å². The molecule has 65 heavy (non-hydrogen) atoms. The van der Waals surface area contributed by atoms with Gasteiger partial charge in [-0.2, -0.15) is 0 Å². The SMILES string of the molecule is C[C@@H]1OC(OC2[C@@H](CO[C@@H]3O[C@H](CO)[C@@H](O)[C@H](O)[C@H]3O)O[C@@H](OC3CC[C@]4(C)C5=CC=C6C7CC(C)(C)CC[C@]7(CO)[C@@H](O)C[C@@]6(C)[C@]5(C)CC[C@H]4C3(C)C)[C@H](O)[C@H]2O)[C@H](O)[C@H](O)[C@H]1O. The van der Waals surface area contributed by atoms with Gasteiger partial charge in [0.1, 0.15) is 67.1 Å². The van der Waals surface area contributed by atoms with Crippen LogP contribution in [0.5, 0.6) is 0 Å². The van der Waals surface area contributed by atoms with E-state index >= 15 is 0 Å². The van der Waals surface area contributed by atoms with Gasteiger partial charge in [0.15, 0.2) is 18.9 Å². The summed E-state index contributed by atoms with van der Waals surface area (Å²) in [5.74, 6) is 0.189. The van der Waals surface area contributed by atoms with Crippen LogP contribution >= 0.6 is 0 Å². The van der Waals surface area contributed by atoms with Gasteiger partial charge in [0.2, 0.25) is 0 Å². The molecule has 3 heterocycles. The lowest BCUT2D eigenvalue weighted by molar-refractivity contribution is -0.373. The highest BCUT2D eigenvalue weighted by Crippen LogP contribution is 2.74. The molecule has 0 amide bonds. The summed E-state index contributed by atoms with van der Waals surface area (Å²) in [5, 5.41) is 119. The maximum Gasteiger partial charge on any atom is 0.187 e. The lowest BCUT2D eigenvalue weighted by Gasteiger charge is -2.69. The van der Waals surface area contributed by atoms with Crippen molar-refractivity contribution in [1.82, 2.24) is 0 Å². The van der Waals surface area contributed by atoms with E-state index in [0.29, 0.717) is 12.8 Å². The molecular weight excluding hydrogens is 849 g/mol. The van der Waals surface area contributed by atoms with Crippen molar-refractivity contribution in [2.75, 3.05) is 19.8 Å². The molecule has 8 rings (SSSR count). The number of fused-ring (bicyclic) bond motifs is 7. The standard InChI is InChI=1S/C48H78O17/c1-22-31(52)33(54)37(58)41(61-22)65-39-26(20-60-40-36(57)34(55)32(53)25(19-49)62-40)63-42(38(59)35(39)56)64-30-12-13-45(6)27(44(30,4)5)11-14-46(7)28(45)10-9-23-24-17-43(2,3)15-16-48(24,21-50)29(51)18-47(23,46)8/h9-10,22,24-27,29-42,49-59H,11-21H2,1-8H3/t22-,24?,25+,26+,27-,29-,30?,31-,32+,33+,34-,35+,36+,37+,38+,39?,40+,41?,42-,45-,46+,47+,48+/m0/s1. The van der Waals surface area contributed by atoms with E-state index in [-0.39, 0.29) is 40.1 Å². The molecule has 5 aliphatic carbocycles. The van der Waals surface area contributed by atoms with Crippen molar-refractivity contribution in [3.63, 3.8) is 0 Å².